The number of aliphatic hydroxyl groups is 1. The monoisotopic (exact) mass is 515 g/mol. The van der Waals surface area contributed by atoms with Gasteiger partial charge in [-0.1, -0.05) is 32.0 Å². The first-order chi connectivity index (χ1) is 17.0. The second-order valence-corrected chi connectivity index (χ2v) is 9.73. The number of aliphatic hydroxyl groups excluding tert-OH is 1. The highest BCUT2D eigenvalue weighted by molar-refractivity contribution is 7.10. The Bertz CT molecular complexity index is 1330. The van der Waals surface area contributed by atoms with Gasteiger partial charge in [-0.25, -0.2) is 0 Å². The number of amides is 1. The molecule has 36 heavy (non-hydrogen) atoms. The number of nitrogens with zero attached hydrogens (tertiary/aromatic N) is 1. The van der Waals surface area contributed by atoms with Gasteiger partial charge in [0.1, 0.15) is 11.5 Å². The summed E-state index contributed by atoms with van der Waals surface area (Å²) in [7, 11) is 1.54. The van der Waals surface area contributed by atoms with Crippen molar-refractivity contribution < 1.29 is 32.6 Å². The molecule has 188 valence electrons. The van der Waals surface area contributed by atoms with E-state index in [2.05, 4.69) is 0 Å². The zero-order chi connectivity index (χ0) is 26.2. The van der Waals surface area contributed by atoms with Crippen molar-refractivity contribution in [2.75, 3.05) is 7.11 Å². The quantitative estimate of drug-likeness (QED) is 0.231. The molecule has 5 nitrogen and oxygen atoms in total. The minimum Gasteiger partial charge on any atom is -0.507 e. The topological polar surface area (TPSA) is 66.8 Å². The van der Waals surface area contributed by atoms with Crippen LogP contribution in [0.5, 0.6) is 5.75 Å². The molecule has 1 N–H and O–H groups in total. The van der Waals surface area contributed by atoms with Crippen molar-refractivity contribution in [1.29, 1.82) is 0 Å². The molecule has 0 bridgehead atoms. The van der Waals surface area contributed by atoms with Gasteiger partial charge in [-0.15, -0.1) is 11.3 Å². The van der Waals surface area contributed by atoms with Gasteiger partial charge >= 0.3 is 6.18 Å². The Labute approximate surface area is 210 Å². The minimum absolute atomic E-state index is 0.0594. The third-order valence-corrected chi connectivity index (χ3v) is 7.01. The fraction of sp³-hybridized carbons (Fsp3) is 0.259. The average Bonchev–Trinajstić information content (AvgIpc) is 3.45. The van der Waals surface area contributed by atoms with Gasteiger partial charge in [0, 0.05) is 17.0 Å². The van der Waals surface area contributed by atoms with Crippen LogP contribution in [0.25, 0.3) is 5.76 Å². The number of methoxy groups -OCH3 is 1. The number of alkyl halides is 3. The van der Waals surface area contributed by atoms with Crippen LogP contribution in [-0.4, -0.2) is 28.8 Å². The Morgan fingerprint density at radius 2 is 1.86 bits per heavy atom. The smallest absolute Gasteiger partial charge is 0.416 e. The predicted octanol–water partition coefficient (Wildman–Crippen LogP) is 6.52. The number of hydrogen-bond donors (Lipinski definition) is 1. The molecular formula is C27H24F3NO4S. The van der Waals surface area contributed by atoms with E-state index in [1.165, 1.54) is 35.5 Å². The maximum atomic E-state index is 13.2. The number of ether oxygens (including phenoxy) is 1. The predicted molar refractivity (Wildman–Crippen MR) is 131 cm³/mol. The van der Waals surface area contributed by atoms with E-state index in [9.17, 15) is 27.9 Å². The summed E-state index contributed by atoms with van der Waals surface area (Å²) < 4.78 is 45.1. The van der Waals surface area contributed by atoms with Crippen LogP contribution < -0.4 is 4.74 Å². The number of carbonyl (C=O) groups excluding carboxylic acids is 2. The van der Waals surface area contributed by atoms with Gasteiger partial charge in [0.25, 0.3) is 11.7 Å². The number of ketones is 1. The number of halogens is 3. The molecule has 0 aliphatic carbocycles. The summed E-state index contributed by atoms with van der Waals surface area (Å²) >= 11 is 1.29. The van der Waals surface area contributed by atoms with Gasteiger partial charge in [0.15, 0.2) is 0 Å². The molecule has 0 saturated carbocycles. The lowest BCUT2D eigenvalue weighted by molar-refractivity contribution is -0.140. The molecule has 1 amide bonds. The maximum Gasteiger partial charge on any atom is 0.416 e. The van der Waals surface area contributed by atoms with E-state index < -0.39 is 29.5 Å². The van der Waals surface area contributed by atoms with Crippen LogP contribution in [-0.2, 0) is 22.3 Å². The molecule has 2 heterocycles. The number of thiophene rings is 1. The first-order valence-corrected chi connectivity index (χ1v) is 12.1. The van der Waals surface area contributed by atoms with E-state index in [0.29, 0.717) is 16.2 Å². The van der Waals surface area contributed by atoms with E-state index in [-0.39, 0.29) is 29.4 Å². The summed E-state index contributed by atoms with van der Waals surface area (Å²) in [5, 5.41) is 13.0. The lowest BCUT2D eigenvalue weighted by Crippen LogP contribution is -2.29. The first kappa shape index (κ1) is 25.5. The van der Waals surface area contributed by atoms with E-state index in [0.717, 1.165) is 17.7 Å². The van der Waals surface area contributed by atoms with Crippen molar-refractivity contribution in [2.45, 2.75) is 38.5 Å². The molecule has 1 atom stereocenters. The number of benzene rings is 2. The summed E-state index contributed by atoms with van der Waals surface area (Å²) in [5.74, 6) is -1.43. The molecule has 1 unspecified atom stereocenters. The zero-order valence-corrected chi connectivity index (χ0v) is 20.6. The van der Waals surface area contributed by atoms with Gasteiger partial charge in [0.05, 0.1) is 24.3 Å². The van der Waals surface area contributed by atoms with Gasteiger partial charge in [-0.05, 0) is 58.8 Å². The average molecular weight is 516 g/mol. The lowest BCUT2D eigenvalue weighted by atomic mass is 9.95. The van der Waals surface area contributed by atoms with Crippen LogP contribution in [0.3, 0.4) is 0 Å². The normalized spacial score (nSPS) is 17.8. The van der Waals surface area contributed by atoms with E-state index in [4.69, 9.17) is 4.74 Å². The summed E-state index contributed by atoms with van der Waals surface area (Å²) in [6.45, 7) is 3.69. The molecular weight excluding hydrogens is 491 g/mol. The van der Waals surface area contributed by atoms with Crippen LogP contribution in [0.1, 0.15) is 52.9 Å². The highest BCUT2D eigenvalue weighted by Gasteiger charge is 2.46. The first-order valence-electron chi connectivity index (χ1n) is 11.2. The highest BCUT2D eigenvalue weighted by atomic mass is 32.1. The van der Waals surface area contributed by atoms with Crippen molar-refractivity contribution in [3.05, 3.63) is 92.7 Å². The summed E-state index contributed by atoms with van der Waals surface area (Å²) in [5.41, 5.74) is 0.434. The van der Waals surface area contributed by atoms with Crippen molar-refractivity contribution in [2.24, 2.45) is 0 Å². The number of Topliss-reactive ketones (excluding diaryl/α,β-unsaturated/α-hetero) is 1. The molecule has 1 fully saturated rings. The molecule has 0 radical (unpaired) electrons. The van der Waals surface area contributed by atoms with Gasteiger partial charge < -0.3 is 14.7 Å². The van der Waals surface area contributed by atoms with Crippen LogP contribution >= 0.6 is 11.3 Å². The molecule has 1 aliphatic rings. The summed E-state index contributed by atoms with van der Waals surface area (Å²) in [4.78, 5) is 28.1. The molecule has 1 aliphatic heterocycles. The van der Waals surface area contributed by atoms with Crippen LogP contribution in [0.15, 0.2) is 65.6 Å². The third-order valence-electron chi connectivity index (χ3n) is 6.09. The zero-order valence-electron chi connectivity index (χ0n) is 19.8. The lowest BCUT2D eigenvalue weighted by Gasteiger charge is -2.24. The second kappa shape index (κ2) is 9.81. The molecule has 1 aromatic heterocycles. The van der Waals surface area contributed by atoms with Crippen LogP contribution in [0.2, 0.25) is 0 Å². The van der Waals surface area contributed by atoms with Crippen molar-refractivity contribution >= 4 is 28.8 Å². The Morgan fingerprint density at radius 3 is 2.47 bits per heavy atom. The van der Waals surface area contributed by atoms with Crippen molar-refractivity contribution in [3.8, 4) is 5.75 Å². The second-order valence-electron chi connectivity index (χ2n) is 8.75. The summed E-state index contributed by atoms with van der Waals surface area (Å²) in [6.07, 6.45) is -4.54. The fourth-order valence-electron chi connectivity index (χ4n) is 4.32. The molecule has 1 saturated heterocycles. The minimum atomic E-state index is -4.54. The van der Waals surface area contributed by atoms with E-state index in [1.54, 1.807) is 35.7 Å². The SMILES string of the molecule is COc1ccc(/C(O)=C2/C(=O)C(=O)N(Cc3cccc(C(F)(F)F)c3)C2c2cccs2)cc1C(C)C. The standard InChI is InChI=1S/C27H24F3NO4S/c1-15(2)19-13-17(9-10-20(19)35-3)24(32)22-23(21-8-5-11-36-21)31(26(34)25(22)33)14-16-6-4-7-18(12-16)27(28,29)30/h4-13,15,23,32H,14H2,1-3H3/b24-22-. The van der Waals surface area contributed by atoms with E-state index in [1.807, 2.05) is 13.8 Å². The molecule has 0 spiro atoms. The fourth-order valence-corrected chi connectivity index (χ4v) is 5.16. The Morgan fingerprint density at radius 1 is 1.11 bits per heavy atom. The van der Waals surface area contributed by atoms with Crippen LogP contribution in [0, 0.1) is 0 Å². The van der Waals surface area contributed by atoms with Crippen LogP contribution in [0.4, 0.5) is 13.2 Å². The Kier molecular flexibility index (Phi) is 6.95. The number of hydrogen-bond acceptors (Lipinski definition) is 5. The Balaban J connectivity index is 1.82. The van der Waals surface area contributed by atoms with Gasteiger partial charge in [-0.3, -0.25) is 9.59 Å². The Hall–Kier alpha value is -3.59. The van der Waals surface area contributed by atoms with E-state index >= 15 is 0 Å². The molecule has 2 aromatic carbocycles. The number of rotatable bonds is 6. The largest absolute Gasteiger partial charge is 0.507 e. The van der Waals surface area contributed by atoms with Gasteiger partial charge in [-0.2, -0.15) is 13.2 Å². The molecule has 9 heteroatoms. The van der Waals surface area contributed by atoms with Crippen molar-refractivity contribution in [3.63, 3.8) is 0 Å². The third kappa shape index (κ3) is 4.75. The maximum absolute atomic E-state index is 13.2. The van der Waals surface area contributed by atoms with Crippen molar-refractivity contribution in [1.82, 2.24) is 4.90 Å². The number of carbonyl (C=O) groups is 2. The summed E-state index contributed by atoms with van der Waals surface area (Å²) in [6, 6.07) is 12.2. The van der Waals surface area contributed by atoms with Gasteiger partial charge in [0.2, 0.25) is 0 Å². The number of likely N-dealkylation sites (tertiary alicyclic amines) is 1. The highest BCUT2D eigenvalue weighted by Crippen LogP contribution is 2.43. The molecule has 3 aromatic rings. The molecule has 4 rings (SSSR count).